The zero-order valence-electron chi connectivity index (χ0n) is 18.7. The van der Waals surface area contributed by atoms with E-state index in [1.807, 2.05) is 0 Å². The number of fused-ring (bicyclic) bond motifs is 1. The third-order valence-electron chi connectivity index (χ3n) is 5.64. The van der Waals surface area contributed by atoms with E-state index in [9.17, 15) is 22.8 Å². The van der Waals surface area contributed by atoms with Crippen LogP contribution in [-0.2, 0) is 24.7 Å². The largest absolute Gasteiger partial charge is 0.481 e. The van der Waals surface area contributed by atoms with Gasteiger partial charge in [0.05, 0.1) is 30.8 Å². The minimum absolute atomic E-state index is 0.0263. The smallest absolute Gasteiger partial charge is 0.303 e. The van der Waals surface area contributed by atoms with E-state index in [1.54, 1.807) is 30.9 Å². The van der Waals surface area contributed by atoms with Crippen LogP contribution in [0.3, 0.4) is 0 Å². The Hall–Kier alpha value is -2.54. The number of imide groups is 1. The van der Waals surface area contributed by atoms with Gasteiger partial charge < -0.3 is 14.7 Å². The monoisotopic (exact) mass is 483 g/mol. The summed E-state index contributed by atoms with van der Waals surface area (Å²) in [5, 5.41) is 9.10. The van der Waals surface area contributed by atoms with Gasteiger partial charge in [0, 0.05) is 38.4 Å². The number of carbonyl (C=O) groups excluding carboxylic acids is 2. The first-order valence-electron chi connectivity index (χ1n) is 10.6. The molecular formula is C21H29N3O8S. The number of ether oxygens (including phenoxy) is 1. The molecule has 2 aliphatic rings. The molecule has 11 nitrogen and oxygen atoms in total. The summed E-state index contributed by atoms with van der Waals surface area (Å²) in [5.74, 6) is -1.98. The van der Waals surface area contributed by atoms with E-state index in [0.29, 0.717) is 32.0 Å². The van der Waals surface area contributed by atoms with Gasteiger partial charge in [-0.2, -0.15) is 0 Å². The first-order valence-corrected chi connectivity index (χ1v) is 11.7. The number of hydrogen-bond acceptors (Lipinski definition) is 9. The third-order valence-corrected chi connectivity index (χ3v) is 5.97. The van der Waals surface area contributed by atoms with Gasteiger partial charge in [-0.05, 0) is 23.6 Å². The number of carbonyl (C=O) groups is 3. The van der Waals surface area contributed by atoms with Crippen molar-refractivity contribution >= 4 is 34.5 Å². The Balaban J connectivity index is 1.78. The molecule has 0 aromatic heterocycles. The summed E-state index contributed by atoms with van der Waals surface area (Å²) in [6, 6.07) is 4.74. The topological polar surface area (TPSA) is 134 Å². The molecule has 0 unspecified atom stereocenters. The van der Waals surface area contributed by atoms with E-state index < -0.39 is 34.2 Å². The lowest BCUT2D eigenvalue weighted by Crippen LogP contribution is -2.42. The molecule has 0 spiro atoms. The Morgan fingerprint density at radius 3 is 2.48 bits per heavy atom. The van der Waals surface area contributed by atoms with Crippen molar-refractivity contribution in [3.63, 3.8) is 0 Å². The number of thiol groups is 1. The van der Waals surface area contributed by atoms with Crippen molar-refractivity contribution in [2.75, 3.05) is 57.6 Å². The molecule has 1 fully saturated rings. The molecule has 2 heterocycles. The van der Waals surface area contributed by atoms with Crippen LogP contribution in [0.2, 0.25) is 0 Å². The van der Waals surface area contributed by atoms with Crippen LogP contribution >= 0.6 is 0 Å². The fourth-order valence-electron chi connectivity index (χ4n) is 3.98. The molecule has 33 heavy (non-hydrogen) atoms. The van der Waals surface area contributed by atoms with Gasteiger partial charge in [-0.25, -0.2) is 8.42 Å². The zero-order chi connectivity index (χ0) is 24.2. The van der Waals surface area contributed by atoms with Crippen LogP contribution in [-0.4, -0.2) is 93.8 Å². The van der Waals surface area contributed by atoms with Crippen molar-refractivity contribution in [1.82, 2.24) is 9.80 Å². The molecule has 182 valence electrons. The van der Waals surface area contributed by atoms with Crippen molar-refractivity contribution in [3.8, 4) is 0 Å². The van der Waals surface area contributed by atoms with Gasteiger partial charge in [0.15, 0.2) is 0 Å². The van der Waals surface area contributed by atoms with Gasteiger partial charge >= 0.3 is 5.97 Å². The van der Waals surface area contributed by atoms with Gasteiger partial charge in [0.2, 0.25) is 0 Å². The number of anilines is 1. The summed E-state index contributed by atoms with van der Waals surface area (Å²) in [6.45, 7) is 7.00. The second kappa shape index (κ2) is 10.6. The lowest BCUT2D eigenvalue weighted by Gasteiger charge is -2.30. The van der Waals surface area contributed by atoms with Crippen LogP contribution < -0.4 is 4.90 Å². The lowest BCUT2D eigenvalue weighted by molar-refractivity contribution is -0.139. The van der Waals surface area contributed by atoms with E-state index in [-0.39, 0.29) is 30.8 Å². The Morgan fingerprint density at radius 2 is 1.85 bits per heavy atom. The molecule has 0 atom stereocenters. The number of aliphatic carboxylic acids is 1. The van der Waals surface area contributed by atoms with Crippen molar-refractivity contribution in [1.29, 1.82) is 0 Å². The maximum Gasteiger partial charge on any atom is 0.303 e. The molecule has 2 amide bonds. The van der Waals surface area contributed by atoms with Crippen LogP contribution in [0, 0.1) is 5.41 Å². The average molecular weight is 484 g/mol. The number of benzene rings is 1. The summed E-state index contributed by atoms with van der Waals surface area (Å²) in [4.78, 5) is 41.9. The second-order valence-corrected chi connectivity index (χ2v) is 9.57. The number of nitrogens with zero attached hydrogens (tertiary/aromatic N) is 3. The number of carboxylic acids is 1. The molecule has 1 aromatic carbocycles. The van der Waals surface area contributed by atoms with Gasteiger partial charge in [0.1, 0.15) is 6.73 Å². The van der Waals surface area contributed by atoms with E-state index in [1.165, 1.54) is 6.07 Å². The molecule has 0 saturated carbocycles. The SMILES string of the molecule is CC(C)(CC(=O)O)CN1C(=O)c2ccc(N(CCN3CCOCC3)CO[SH](=O)=O)cc2C1=O. The summed E-state index contributed by atoms with van der Waals surface area (Å²) in [7, 11) is -3.05. The molecule has 3 rings (SSSR count). The third kappa shape index (κ3) is 6.50. The highest BCUT2D eigenvalue weighted by Crippen LogP contribution is 2.31. The fourth-order valence-corrected chi connectivity index (χ4v) is 4.22. The normalized spacial score (nSPS) is 17.0. The minimum atomic E-state index is -3.05. The quantitative estimate of drug-likeness (QED) is 0.259. The van der Waals surface area contributed by atoms with Gasteiger partial charge in [-0.15, -0.1) is 0 Å². The molecule has 1 N–H and O–H groups in total. The Bertz CT molecular complexity index is 980. The molecule has 0 aliphatic carbocycles. The van der Waals surface area contributed by atoms with E-state index in [0.717, 1.165) is 18.0 Å². The molecular weight excluding hydrogens is 454 g/mol. The minimum Gasteiger partial charge on any atom is -0.481 e. The Labute approximate surface area is 194 Å². The predicted octanol–water partition coefficient (Wildman–Crippen LogP) is 0.423. The van der Waals surface area contributed by atoms with Crippen molar-refractivity contribution in [2.24, 2.45) is 5.41 Å². The van der Waals surface area contributed by atoms with Crippen molar-refractivity contribution < 1.29 is 36.8 Å². The average Bonchev–Trinajstić information content (AvgIpc) is 2.97. The second-order valence-electron chi connectivity index (χ2n) is 8.86. The number of amides is 2. The molecule has 12 heteroatoms. The predicted molar refractivity (Wildman–Crippen MR) is 119 cm³/mol. The van der Waals surface area contributed by atoms with Crippen LogP contribution in [0.1, 0.15) is 41.0 Å². The number of rotatable bonds is 11. The molecule has 2 aliphatic heterocycles. The number of carboxylic acid groups (broad SMARTS) is 1. The number of hydrogen-bond donors (Lipinski definition) is 2. The molecule has 0 radical (unpaired) electrons. The van der Waals surface area contributed by atoms with E-state index >= 15 is 0 Å². The van der Waals surface area contributed by atoms with Crippen molar-refractivity contribution in [3.05, 3.63) is 29.3 Å². The van der Waals surface area contributed by atoms with E-state index in [4.69, 9.17) is 14.0 Å². The Kier molecular flexibility index (Phi) is 8.05. The summed E-state index contributed by atoms with van der Waals surface area (Å²) in [5.41, 5.74) is 0.191. The first-order chi connectivity index (χ1) is 15.6. The van der Waals surface area contributed by atoms with Crippen LogP contribution in [0.4, 0.5) is 5.69 Å². The standard InChI is InChI=1S/C21H29N3O8S/c1-21(2,12-18(25)26)13-24-19(27)16-4-3-15(11-17(16)20(24)28)23(14-32-33(29)30)6-5-22-7-9-31-10-8-22/h3-4,11,33H,5-10,12-14H2,1-2H3,(H,25,26). The van der Waals surface area contributed by atoms with Crippen molar-refractivity contribution in [2.45, 2.75) is 20.3 Å². The van der Waals surface area contributed by atoms with Crippen LogP contribution in [0.5, 0.6) is 0 Å². The zero-order valence-corrected chi connectivity index (χ0v) is 19.6. The molecule has 0 bridgehead atoms. The molecule has 1 saturated heterocycles. The van der Waals surface area contributed by atoms with Gasteiger partial charge in [-0.3, -0.25) is 28.4 Å². The highest BCUT2D eigenvalue weighted by Gasteiger charge is 2.39. The summed E-state index contributed by atoms with van der Waals surface area (Å²) >= 11 is 0. The van der Waals surface area contributed by atoms with Crippen LogP contribution in [0.25, 0.3) is 0 Å². The fraction of sp³-hybridized carbons (Fsp3) is 0.571. The van der Waals surface area contributed by atoms with E-state index in [2.05, 4.69) is 4.90 Å². The number of morpholine rings is 1. The maximum absolute atomic E-state index is 13.0. The lowest BCUT2D eigenvalue weighted by atomic mass is 9.89. The van der Waals surface area contributed by atoms with Gasteiger partial charge in [-0.1, -0.05) is 13.8 Å². The molecule has 1 aromatic rings. The summed E-state index contributed by atoms with van der Waals surface area (Å²) in [6.07, 6.45) is -0.189. The van der Waals surface area contributed by atoms with Gasteiger partial charge in [0.25, 0.3) is 22.8 Å². The first kappa shape index (κ1) is 25.1. The Morgan fingerprint density at radius 1 is 1.18 bits per heavy atom. The summed E-state index contributed by atoms with van der Waals surface area (Å²) < 4.78 is 32.1. The maximum atomic E-state index is 13.0. The highest BCUT2D eigenvalue weighted by atomic mass is 32.2. The highest BCUT2D eigenvalue weighted by molar-refractivity contribution is 7.67. The van der Waals surface area contributed by atoms with Crippen LogP contribution in [0.15, 0.2) is 18.2 Å².